The van der Waals surface area contributed by atoms with E-state index in [2.05, 4.69) is 30.6 Å². The molecule has 2 N–H and O–H groups in total. The molecule has 3 amide bonds. The number of likely N-dealkylation sites (N-methyl/N-ethyl adjacent to an activating group) is 1. The van der Waals surface area contributed by atoms with Gasteiger partial charge in [-0.3, -0.25) is 29.1 Å². The number of nitrogens with one attached hydrogen (secondary N) is 2. The Morgan fingerprint density at radius 3 is 2.42 bits per heavy atom. The maximum Gasteiger partial charge on any atom is 0.504 e. The van der Waals surface area contributed by atoms with Gasteiger partial charge in [0.15, 0.2) is 0 Å². The lowest BCUT2D eigenvalue weighted by molar-refractivity contribution is -0.212. The van der Waals surface area contributed by atoms with Gasteiger partial charge in [0, 0.05) is 68.2 Å². The summed E-state index contributed by atoms with van der Waals surface area (Å²) in [6.45, 7) is 9.36. The molecule has 16 heteroatoms. The zero-order chi connectivity index (χ0) is 37.3. The standard InChI is InChI=1S/C37H40F3N9O4/c1-3-24(21-45-15-17-46(18-16-45)28-22-53-23-28)33(50)42-26-10-8-9-25(19-26)31-29-20-41-49(27-11-6-5-7-12-27)35(29)47(4-2)36(52)32(31)43-34(51)30-13-14-48(44-30)37(38,39)40/h3,5-14,19-20,28,31-32H,4,15-18,21-23H2,1-2H3,(H,42,50)(H,43,51)/b24-3+/t31-,32+/m0/s1. The van der Waals surface area contributed by atoms with E-state index in [4.69, 9.17) is 4.74 Å². The molecule has 278 valence electrons. The van der Waals surface area contributed by atoms with E-state index < -0.39 is 35.8 Å². The summed E-state index contributed by atoms with van der Waals surface area (Å²) in [5.41, 5.74) is 2.46. The molecular weight excluding hydrogens is 691 g/mol. The summed E-state index contributed by atoms with van der Waals surface area (Å²) >= 11 is 0. The first-order chi connectivity index (χ1) is 25.5. The lowest BCUT2D eigenvalue weighted by atomic mass is 9.82. The summed E-state index contributed by atoms with van der Waals surface area (Å²) in [5.74, 6) is -2.03. The lowest BCUT2D eigenvalue weighted by Gasteiger charge is -2.42. The summed E-state index contributed by atoms with van der Waals surface area (Å²) in [4.78, 5) is 47.6. The second-order valence-corrected chi connectivity index (χ2v) is 13.2. The number of anilines is 2. The fourth-order valence-electron chi connectivity index (χ4n) is 7.10. The number of hydrogen-bond acceptors (Lipinski definition) is 8. The minimum atomic E-state index is -4.82. The fourth-order valence-corrected chi connectivity index (χ4v) is 7.10. The van der Waals surface area contributed by atoms with E-state index in [0.29, 0.717) is 52.7 Å². The smallest absolute Gasteiger partial charge is 0.378 e. The number of nitrogens with zero attached hydrogens (tertiary/aromatic N) is 7. The quantitative estimate of drug-likeness (QED) is 0.236. The normalized spacial score (nSPS) is 20.2. The average molecular weight is 732 g/mol. The van der Waals surface area contributed by atoms with E-state index in [-0.39, 0.29) is 17.1 Å². The van der Waals surface area contributed by atoms with Crippen LogP contribution in [0.5, 0.6) is 0 Å². The highest BCUT2D eigenvalue weighted by atomic mass is 19.4. The Morgan fingerprint density at radius 1 is 1.02 bits per heavy atom. The molecule has 4 aromatic rings. The number of aromatic nitrogens is 4. The zero-order valence-electron chi connectivity index (χ0n) is 29.3. The van der Waals surface area contributed by atoms with Crippen LogP contribution in [-0.4, -0.2) is 112 Å². The Balaban J connectivity index is 1.17. The van der Waals surface area contributed by atoms with Crippen molar-refractivity contribution in [1.29, 1.82) is 0 Å². The second kappa shape index (κ2) is 15.0. The van der Waals surface area contributed by atoms with E-state index in [1.54, 1.807) is 48.1 Å². The van der Waals surface area contributed by atoms with Crippen molar-refractivity contribution in [2.75, 3.05) is 62.7 Å². The van der Waals surface area contributed by atoms with E-state index >= 15 is 0 Å². The van der Waals surface area contributed by atoms with E-state index in [1.807, 2.05) is 37.3 Å². The first-order valence-corrected chi connectivity index (χ1v) is 17.5. The molecule has 3 aliphatic rings. The molecule has 2 atom stereocenters. The number of halogens is 3. The first kappa shape index (κ1) is 36.1. The van der Waals surface area contributed by atoms with Crippen LogP contribution in [0.15, 0.2) is 84.7 Å². The number of benzene rings is 2. The van der Waals surface area contributed by atoms with Crippen LogP contribution in [0.25, 0.3) is 5.69 Å². The number of ether oxygens (including phenoxy) is 1. The highest BCUT2D eigenvalue weighted by Gasteiger charge is 2.45. The molecule has 2 fully saturated rings. The second-order valence-electron chi connectivity index (χ2n) is 13.2. The van der Waals surface area contributed by atoms with Crippen LogP contribution in [0.4, 0.5) is 24.7 Å². The number of carbonyl (C=O) groups is 3. The van der Waals surface area contributed by atoms with E-state index in [1.165, 1.54) is 4.90 Å². The number of rotatable bonds is 10. The third kappa shape index (κ3) is 7.34. The van der Waals surface area contributed by atoms with Crippen LogP contribution >= 0.6 is 0 Å². The highest BCUT2D eigenvalue weighted by Crippen LogP contribution is 2.42. The van der Waals surface area contributed by atoms with Gasteiger partial charge in [-0.05, 0) is 49.7 Å². The molecule has 0 bridgehead atoms. The van der Waals surface area contributed by atoms with Crippen LogP contribution in [0, 0.1) is 0 Å². The van der Waals surface area contributed by atoms with Gasteiger partial charge in [0.2, 0.25) is 0 Å². The van der Waals surface area contributed by atoms with Crippen molar-refractivity contribution in [2.45, 2.75) is 38.1 Å². The maximum absolute atomic E-state index is 14.3. The summed E-state index contributed by atoms with van der Waals surface area (Å²) in [6, 6.07) is 16.4. The van der Waals surface area contributed by atoms with Crippen molar-refractivity contribution in [1.82, 2.24) is 34.7 Å². The van der Waals surface area contributed by atoms with Crippen LogP contribution in [0.2, 0.25) is 0 Å². The zero-order valence-corrected chi connectivity index (χ0v) is 29.3. The third-order valence-corrected chi connectivity index (χ3v) is 9.99. The highest BCUT2D eigenvalue weighted by molar-refractivity contribution is 6.05. The lowest BCUT2D eigenvalue weighted by Crippen LogP contribution is -2.56. The van der Waals surface area contributed by atoms with Gasteiger partial charge in [-0.2, -0.15) is 14.9 Å². The number of carbonyl (C=O) groups excluding carboxylic acids is 3. The molecule has 0 unspecified atom stereocenters. The molecule has 0 spiro atoms. The van der Waals surface area contributed by atoms with Crippen molar-refractivity contribution >= 4 is 29.2 Å². The fraction of sp³-hybridized carbons (Fsp3) is 0.378. The Hall–Kier alpha value is -5.32. The van der Waals surface area contributed by atoms with E-state index in [9.17, 15) is 27.6 Å². The van der Waals surface area contributed by atoms with Crippen molar-refractivity contribution in [3.8, 4) is 5.69 Å². The van der Waals surface area contributed by atoms with Crippen LogP contribution < -0.4 is 15.5 Å². The van der Waals surface area contributed by atoms with Crippen LogP contribution in [0.1, 0.15) is 41.4 Å². The monoisotopic (exact) mass is 731 g/mol. The Bertz CT molecular complexity index is 2000. The van der Waals surface area contributed by atoms with Crippen LogP contribution in [-0.2, 0) is 20.6 Å². The number of fused-ring (bicyclic) bond motifs is 1. The van der Waals surface area contributed by atoms with Crippen molar-refractivity contribution in [2.24, 2.45) is 0 Å². The van der Waals surface area contributed by atoms with Gasteiger partial charge in [0.05, 0.1) is 31.1 Å². The number of piperazine rings is 1. The predicted octanol–water partition coefficient (Wildman–Crippen LogP) is 3.74. The first-order valence-electron chi connectivity index (χ1n) is 17.5. The maximum atomic E-state index is 14.3. The Labute approximate surface area is 304 Å². The van der Waals surface area contributed by atoms with Gasteiger partial charge < -0.3 is 15.4 Å². The molecule has 3 aliphatic heterocycles. The molecule has 7 rings (SSSR count). The number of allylic oxidation sites excluding steroid dienone is 1. The number of alkyl halides is 3. The van der Waals surface area contributed by atoms with Gasteiger partial charge in [-0.25, -0.2) is 4.68 Å². The van der Waals surface area contributed by atoms with Gasteiger partial charge >= 0.3 is 6.30 Å². The summed E-state index contributed by atoms with van der Waals surface area (Å²) < 4.78 is 46.6. The summed E-state index contributed by atoms with van der Waals surface area (Å²) in [5, 5.41) is 13.7. The SMILES string of the molecule is C/C=C(\CN1CCN(C2COC2)CC1)C(=O)Nc1cccc([C@H]2c3cnn(-c4ccccc4)c3N(CC)C(=O)[C@@H]2NC(=O)c2ccn(C(F)(F)F)n2)c1. The van der Waals surface area contributed by atoms with Gasteiger partial charge in [-0.1, -0.05) is 36.4 Å². The molecule has 5 heterocycles. The van der Waals surface area contributed by atoms with Gasteiger partial charge in [0.1, 0.15) is 17.6 Å². The summed E-state index contributed by atoms with van der Waals surface area (Å²) in [7, 11) is 0. The molecule has 0 saturated carbocycles. The Morgan fingerprint density at radius 2 is 1.77 bits per heavy atom. The molecule has 2 aromatic carbocycles. The number of para-hydroxylation sites is 1. The van der Waals surface area contributed by atoms with Crippen molar-refractivity contribution in [3.05, 3.63) is 102 Å². The largest absolute Gasteiger partial charge is 0.504 e. The topological polar surface area (TPSA) is 130 Å². The summed E-state index contributed by atoms with van der Waals surface area (Å²) in [6.07, 6.45) is -0.744. The molecule has 53 heavy (non-hydrogen) atoms. The third-order valence-electron chi connectivity index (χ3n) is 9.99. The molecular formula is C37H40F3N9O4. The van der Waals surface area contributed by atoms with Crippen molar-refractivity contribution < 1.29 is 32.3 Å². The van der Waals surface area contributed by atoms with Crippen molar-refractivity contribution in [3.63, 3.8) is 0 Å². The Kier molecular flexibility index (Phi) is 10.2. The molecule has 2 aromatic heterocycles. The van der Waals surface area contributed by atoms with Gasteiger partial charge in [0.25, 0.3) is 17.7 Å². The molecule has 2 saturated heterocycles. The minimum Gasteiger partial charge on any atom is -0.378 e. The predicted molar refractivity (Wildman–Crippen MR) is 190 cm³/mol. The number of amides is 3. The minimum absolute atomic E-state index is 0.221. The van der Waals surface area contributed by atoms with E-state index in [0.717, 1.165) is 45.5 Å². The molecule has 0 aliphatic carbocycles. The molecule has 0 radical (unpaired) electrons. The average Bonchev–Trinajstić information content (AvgIpc) is 3.81. The number of hydrogen-bond donors (Lipinski definition) is 2. The van der Waals surface area contributed by atoms with Crippen LogP contribution in [0.3, 0.4) is 0 Å². The van der Waals surface area contributed by atoms with Gasteiger partial charge in [-0.15, -0.1) is 13.2 Å². The molecule has 13 nitrogen and oxygen atoms in total.